The molecular weight excluding hydrogens is 464 g/mol. The van der Waals surface area contributed by atoms with Gasteiger partial charge in [0.25, 0.3) is 0 Å². The third-order valence-corrected chi connectivity index (χ3v) is 7.78. The molecule has 1 N–H and O–H groups in total. The zero-order chi connectivity index (χ0) is 26.3. The van der Waals surface area contributed by atoms with Crippen molar-refractivity contribution in [2.45, 2.75) is 53.6 Å². The summed E-state index contributed by atoms with van der Waals surface area (Å²) in [7, 11) is -1.11. The Morgan fingerprint density at radius 2 is 1.66 bits per heavy atom. The minimum atomic E-state index is -3.98. The van der Waals surface area contributed by atoms with Gasteiger partial charge in [-0.1, -0.05) is 43.3 Å². The summed E-state index contributed by atoms with van der Waals surface area (Å²) in [5.74, 6) is -0.735. The van der Waals surface area contributed by atoms with Crippen LogP contribution in [0.15, 0.2) is 42.5 Å². The summed E-state index contributed by atoms with van der Waals surface area (Å²) in [4.78, 5) is 28.0. The van der Waals surface area contributed by atoms with E-state index < -0.39 is 28.7 Å². The molecule has 0 aliphatic rings. The molecule has 0 saturated carbocycles. The van der Waals surface area contributed by atoms with Crippen LogP contribution in [-0.2, 0) is 26.3 Å². The first-order valence-electron chi connectivity index (χ1n) is 11.8. The van der Waals surface area contributed by atoms with Crippen molar-refractivity contribution >= 4 is 27.7 Å². The Hall–Kier alpha value is -2.91. The number of hydrogen-bond acceptors (Lipinski definition) is 4. The van der Waals surface area contributed by atoms with Crippen LogP contribution in [0, 0.1) is 20.8 Å². The van der Waals surface area contributed by atoms with Gasteiger partial charge in [-0.2, -0.15) is 12.7 Å². The largest absolute Gasteiger partial charge is 0.354 e. The van der Waals surface area contributed by atoms with Gasteiger partial charge in [0.1, 0.15) is 12.6 Å². The highest BCUT2D eigenvalue weighted by Gasteiger charge is 2.33. The minimum absolute atomic E-state index is 0.189. The lowest BCUT2D eigenvalue weighted by Gasteiger charge is -2.33. The van der Waals surface area contributed by atoms with Gasteiger partial charge < -0.3 is 10.2 Å². The lowest BCUT2D eigenvalue weighted by molar-refractivity contribution is -0.139. The van der Waals surface area contributed by atoms with Crippen LogP contribution < -0.4 is 9.62 Å². The second-order valence-electron chi connectivity index (χ2n) is 9.00. The summed E-state index contributed by atoms with van der Waals surface area (Å²) in [6, 6.07) is 12.3. The van der Waals surface area contributed by atoms with E-state index in [4.69, 9.17) is 0 Å². The number of hydrogen-bond donors (Lipinski definition) is 1. The molecular formula is C26H38N4O4S. The summed E-state index contributed by atoms with van der Waals surface area (Å²) in [5.41, 5.74) is 3.92. The van der Waals surface area contributed by atoms with Crippen molar-refractivity contribution in [3.63, 3.8) is 0 Å². The molecule has 9 heteroatoms. The summed E-state index contributed by atoms with van der Waals surface area (Å²) >= 11 is 0. The molecule has 2 aromatic rings. The standard InChI is InChI=1S/C26H38N4O4S/c1-8-15-27-26(32)22(5)29(17-23-12-10-9-11-20(23)3)25(31)18-30(35(33,34)28(6)7)24-16-19(2)13-14-21(24)4/h9-14,16,22H,8,15,17-18H2,1-7H3,(H,27,32)/t22-/m1/s1. The first-order valence-corrected chi connectivity index (χ1v) is 13.2. The van der Waals surface area contributed by atoms with Crippen LogP contribution in [0.1, 0.15) is 42.5 Å². The highest BCUT2D eigenvalue weighted by Crippen LogP contribution is 2.26. The van der Waals surface area contributed by atoms with Gasteiger partial charge in [-0.3, -0.25) is 9.59 Å². The normalized spacial score (nSPS) is 12.3. The third-order valence-electron chi connectivity index (χ3n) is 5.97. The molecule has 0 spiro atoms. The van der Waals surface area contributed by atoms with E-state index in [1.807, 2.05) is 64.1 Å². The van der Waals surface area contributed by atoms with Crippen LogP contribution >= 0.6 is 0 Å². The van der Waals surface area contributed by atoms with Crippen molar-refractivity contribution in [3.8, 4) is 0 Å². The molecule has 0 fully saturated rings. The van der Waals surface area contributed by atoms with E-state index in [-0.39, 0.29) is 12.5 Å². The molecule has 8 nitrogen and oxygen atoms in total. The van der Waals surface area contributed by atoms with Crippen molar-refractivity contribution in [3.05, 3.63) is 64.7 Å². The zero-order valence-electron chi connectivity index (χ0n) is 21.8. The predicted molar refractivity (Wildman–Crippen MR) is 140 cm³/mol. The van der Waals surface area contributed by atoms with Crippen LogP contribution in [-0.4, -0.2) is 62.7 Å². The summed E-state index contributed by atoms with van der Waals surface area (Å²) in [5, 5.41) is 2.84. The number of aryl methyl sites for hydroxylation is 3. The molecule has 0 aromatic heterocycles. The molecule has 0 bridgehead atoms. The fraction of sp³-hybridized carbons (Fsp3) is 0.462. The average Bonchev–Trinajstić information content (AvgIpc) is 2.81. The summed E-state index contributed by atoms with van der Waals surface area (Å²) < 4.78 is 28.8. The van der Waals surface area contributed by atoms with E-state index in [1.54, 1.807) is 13.0 Å². The molecule has 0 unspecified atom stereocenters. The van der Waals surface area contributed by atoms with Gasteiger partial charge in [-0.25, -0.2) is 4.31 Å². The number of amides is 2. The topological polar surface area (TPSA) is 90.0 Å². The van der Waals surface area contributed by atoms with E-state index in [0.29, 0.717) is 12.2 Å². The second kappa shape index (κ2) is 12.2. The number of rotatable bonds is 11. The number of anilines is 1. The van der Waals surface area contributed by atoms with Crippen molar-refractivity contribution in [2.75, 3.05) is 31.5 Å². The molecule has 2 rings (SSSR count). The number of nitrogens with zero attached hydrogens (tertiary/aromatic N) is 3. The number of nitrogens with one attached hydrogen (secondary N) is 1. The predicted octanol–water partition coefficient (Wildman–Crippen LogP) is 3.17. The average molecular weight is 503 g/mol. The van der Waals surface area contributed by atoms with Gasteiger partial charge in [0, 0.05) is 27.2 Å². The van der Waals surface area contributed by atoms with Gasteiger partial charge in [-0.15, -0.1) is 0 Å². The molecule has 192 valence electrons. The Labute approximate surface area is 210 Å². The maximum Gasteiger partial charge on any atom is 0.304 e. The van der Waals surface area contributed by atoms with E-state index in [0.717, 1.165) is 37.3 Å². The Bertz CT molecular complexity index is 1150. The number of carbonyl (C=O) groups is 2. The van der Waals surface area contributed by atoms with Crippen LogP contribution in [0.5, 0.6) is 0 Å². The Morgan fingerprint density at radius 3 is 2.26 bits per heavy atom. The van der Waals surface area contributed by atoms with Gasteiger partial charge in [0.2, 0.25) is 11.8 Å². The minimum Gasteiger partial charge on any atom is -0.354 e. The fourth-order valence-electron chi connectivity index (χ4n) is 3.64. The maximum atomic E-state index is 13.7. The highest BCUT2D eigenvalue weighted by atomic mass is 32.2. The van der Waals surface area contributed by atoms with Gasteiger partial charge in [0.15, 0.2) is 0 Å². The lowest BCUT2D eigenvalue weighted by atomic mass is 10.1. The van der Waals surface area contributed by atoms with Crippen LogP contribution in [0.4, 0.5) is 5.69 Å². The summed E-state index contributed by atoms with van der Waals surface area (Å²) in [6.45, 7) is 9.51. The molecule has 0 saturated heterocycles. The van der Waals surface area contributed by atoms with Crippen molar-refractivity contribution in [1.82, 2.24) is 14.5 Å². The fourth-order valence-corrected chi connectivity index (χ4v) is 4.75. The zero-order valence-corrected chi connectivity index (χ0v) is 22.6. The molecule has 0 heterocycles. The van der Waals surface area contributed by atoms with Gasteiger partial charge in [-0.05, 0) is 62.4 Å². The molecule has 2 aromatic carbocycles. The molecule has 2 amide bonds. The van der Waals surface area contributed by atoms with Crippen molar-refractivity contribution < 1.29 is 18.0 Å². The Balaban J connectivity index is 2.51. The smallest absolute Gasteiger partial charge is 0.304 e. The van der Waals surface area contributed by atoms with E-state index in [9.17, 15) is 18.0 Å². The first kappa shape index (κ1) is 28.3. The van der Waals surface area contributed by atoms with Crippen molar-refractivity contribution in [2.24, 2.45) is 0 Å². The van der Waals surface area contributed by atoms with E-state index in [2.05, 4.69) is 5.32 Å². The monoisotopic (exact) mass is 502 g/mol. The highest BCUT2D eigenvalue weighted by molar-refractivity contribution is 7.90. The number of benzene rings is 2. The van der Waals surface area contributed by atoms with Crippen LogP contribution in [0.25, 0.3) is 0 Å². The molecule has 0 aliphatic carbocycles. The lowest BCUT2D eigenvalue weighted by Crippen LogP contribution is -2.52. The van der Waals surface area contributed by atoms with Crippen LogP contribution in [0.3, 0.4) is 0 Å². The number of carbonyl (C=O) groups excluding carboxylic acids is 2. The quantitative estimate of drug-likeness (QED) is 0.511. The van der Waals surface area contributed by atoms with Crippen LogP contribution in [0.2, 0.25) is 0 Å². The third kappa shape index (κ3) is 7.05. The molecule has 1 atom stereocenters. The van der Waals surface area contributed by atoms with E-state index in [1.165, 1.54) is 19.0 Å². The Kier molecular flexibility index (Phi) is 9.85. The van der Waals surface area contributed by atoms with E-state index >= 15 is 0 Å². The molecule has 0 aliphatic heterocycles. The SMILES string of the molecule is CCCNC(=O)[C@@H](C)N(Cc1ccccc1C)C(=O)CN(c1cc(C)ccc1C)S(=O)(=O)N(C)C. The van der Waals surface area contributed by atoms with Gasteiger partial charge >= 0.3 is 10.2 Å². The molecule has 35 heavy (non-hydrogen) atoms. The van der Waals surface area contributed by atoms with Crippen molar-refractivity contribution in [1.29, 1.82) is 0 Å². The first-order chi connectivity index (χ1) is 16.4. The Morgan fingerprint density at radius 1 is 1.00 bits per heavy atom. The maximum absolute atomic E-state index is 13.7. The molecule has 0 radical (unpaired) electrons. The summed E-state index contributed by atoms with van der Waals surface area (Å²) in [6.07, 6.45) is 0.770. The van der Waals surface area contributed by atoms with Gasteiger partial charge in [0.05, 0.1) is 5.69 Å². The second-order valence-corrected chi connectivity index (χ2v) is 11.1.